The molecule has 0 atom stereocenters. The van der Waals surface area contributed by atoms with Gasteiger partial charge in [-0.2, -0.15) is 0 Å². The molecule has 1 saturated heterocycles. The van der Waals surface area contributed by atoms with Crippen molar-refractivity contribution in [1.82, 2.24) is 15.2 Å². The standard InChI is InChI=1S/C14H22N4O3/c1-10-9-11(12(16-10)13(19)20)17-14(21)15-5-4-8-18-6-2-3-7-18/h9,16H,2-8H2,1H3,(H,19,20)(H2,15,17,21). The zero-order valence-corrected chi connectivity index (χ0v) is 12.2. The number of aromatic amines is 1. The van der Waals surface area contributed by atoms with Crippen LogP contribution in [0, 0.1) is 6.92 Å². The third kappa shape index (κ3) is 4.49. The number of likely N-dealkylation sites (tertiary alicyclic amines) is 1. The molecule has 21 heavy (non-hydrogen) atoms. The molecule has 2 amide bonds. The largest absolute Gasteiger partial charge is 0.477 e. The molecule has 0 saturated carbocycles. The number of carbonyl (C=O) groups is 2. The molecule has 1 aromatic heterocycles. The monoisotopic (exact) mass is 294 g/mol. The molecule has 0 unspecified atom stereocenters. The summed E-state index contributed by atoms with van der Waals surface area (Å²) >= 11 is 0. The fourth-order valence-corrected chi connectivity index (χ4v) is 2.53. The van der Waals surface area contributed by atoms with E-state index in [1.165, 1.54) is 12.8 Å². The molecule has 0 aromatic carbocycles. The van der Waals surface area contributed by atoms with Gasteiger partial charge in [0.25, 0.3) is 0 Å². The van der Waals surface area contributed by atoms with Crippen molar-refractivity contribution < 1.29 is 14.7 Å². The molecular weight excluding hydrogens is 272 g/mol. The lowest BCUT2D eigenvalue weighted by Gasteiger charge is -2.14. The van der Waals surface area contributed by atoms with Gasteiger partial charge in [-0.05, 0) is 51.9 Å². The van der Waals surface area contributed by atoms with Crippen LogP contribution in [-0.2, 0) is 0 Å². The van der Waals surface area contributed by atoms with Crippen molar-refractivity contribution in [2.75, 3.05) is 31.5 Å². The van der Waals surface area contributed by atoms with Crippen molar-refractivity contribution in [1.29, 1.82) is 0 Å². The molecule has 116 valence electrons. The van der Waals surface area contributed by atoms with E-state index in [9.17, 15) is 9.59 Å². The first kappa shape index (κ1) is 15.4. The van der Waals surface area contributed by atoms with Crippen LogP contribution in [0.15, 0.2) is 6.07 Å². The Labute approximate surface area is 123 Å². The number of aromatic carboxylic acids is 1. The van der Waals surface area contributed by atoms with E-state index in [-0.39, 0.29) is 17.4 Å². The summed E-state index contributed by atoms with van der Waals surface area (Å²) in [5, 5.41) is 14.3. The van der Waals surface area contributed by atoms with E-state index in [0.717, 1.165) is 26.1 Å². The topological polar surface area (TPSA) is 97.5 Å². The molecule has 1 fully saturated rings. The normalized spacial score (nSPS) is 15.1. The Kier molecular flexibility index (Phi) is 5.21. The second kappa shape index (κ2) is 7.12. The van der Waals surface area contributed by atoms with Gasteiger partial charge in [0.2, 0.25) is 0 Å². The summed E-state index contributed by atoms with van der Waals surface area (Å²) in [6.07, 6.45) is 3.42. The fourth-order valence-electron chi connectivity index (χ4n) is 2.53. The number of anilines is 1. The number of H-pyrrole nitrogens is 1. The van der Waals surface area contributed by atoms with Crippen molar-refractivity contribution in [3.8, 4) is 0 Å². The van der Waals surface area contributed by atoms with Gasteiger partial charge in [0.05, 0.1) is 5.69 Å². The summed E-state index contributed by atoms with van der Waals surface area (Å²) in [6.45, 7) is 5.61. The van der Waals surface area contributed by atoms with Crippen LogP contribution in [0.1, 0.15) is 35.4 Å². The molecule has 0 radical (unpaired) electrons. The number of urea groups is 1. The zero-order chi connectivity index (χ0) is 15.2. The van der Waals surface area contributed by atoms with E-state index in [1.54, 1.807) is 13.0 Å². The maximum atomic E-state index is 11.7. The van der Waals surface area contributed by atoms with E-state index in [0.29, 0.717) is 12.2 Å². The highest BCUT2D eigenvalue weighted by atomic mass is 16.4. The number of nitrogens with one attached hydrogen (secondary N) is 3. The van der Waals surface area contributed by atoms with Crippen LogP contribution < -0.4 is 10.6 Å². The van der Waals surface area contributed by atoms with Crippen LogP contribution in [0.4, 0.5) is 10.5 Å². The Hall–Kier alpha value is -2.02. The molecule has 1 aliphatic heterocycles. The van der Waals surface area contributed by atoms with Gasteiger partial charge in [0, 0.05) is 12.2 Å². The van der Waals surface area contributed by atoms with E-state index >= 15 is 0 Å². The SMILES string of the molecule is Cc1cc(NC(=O)NCCCN2CCCC2)c(C(=O)O)[nH]1. The van der Waals surface area contributed by atoms with E-state index in [1.807, 2.05) is 0 Å². The van der Waals surface area contributed by atoms with E-state index in [4.69, 9.17) is 5.11 Å². The first-order chi connectivity index (χ1) is 10.1. The second-order valence-corrected chi connectivity index (χ2v) is 5.33. The first-order valence-electron chi connectivity index (χ1n) is 7.26. The Morgan fingerprint density at radius 3 is 2.76 bits per heavy atom. The lowest BCUT2D eigenvalue weighted by atomic mass is 10.3. The highest BCUT2D eigenvalue weighted by Gasteiger charge is 2.15. The number of carboxylic acid groups (broad SMARTS) is 1. The number of hydrogen-bond acceptors (Lipinski definition) is 3. The smallest absolute Gasteiger partial charge is 0.354 e. The Morgan fingerprint density at radius 2 is 2.10 bits per heavy atom. The minimum atomic E-state index is -1.09. The quantitative estimate of drug-likeness (QED) is 0.599. The van der Waals surface area contributed by atoms with Gasteiger partial charge >= 0.3 is 12.0 Å². The van der Waals surface area contributed by atoms with Gasteiger partial charge in [-0.15, -0.1) is 0 Å². The molecule has 7 nitrogen and oxygen atoms in total. The fraction of sp³-hybridized carbons (Fsp3) is 0.571. The van der Waals surface area contributed by atoms with Crippen LogP contribution in [0.25, 0.3) is 0 Å². The van der Waals surface area contributed by atoms with Crippen molar-refractivity contribution in [2.45, 2.75) is 26.2 Å². The van der Waals surface area contributed by atoms with Gasteiger partial charge in [-0.3, -0.25) is 0 Å². The summed E-state index contributed by atoms with van der Waals surface area (Å²) in [5.41, 5.74) is 0.980. The van der Waals surface area contributed by atoms with E-state index in [2.05, 4.69) is 20.5 Å². The van der Waals surface area contributed by atoms with Crippen LogP contribution in [0.2, 0.25) is 0 Å². The summed E-state index contributed by atoms with van der Waals surface area (Å²) < 4.78 is 0. The number of nitrogens with zero attached hydrogens (tertiary/aromatic N) is 1. The summed E-state index contributed by atoms with van der Waals surface area (Å²) in [5.74, 6) is -1.09. The average molecular weight is 294 g/mol. The minimum Gasteiger partial charge on any atom is -0.477 e. The number of aromatic nitrogens is 1. The minimum absolute atomic E-state index is 0.000262. The molecule has 2 heterocycles. The maximum Gasteiger partial charge on any atom is 0.354 e. The van der Waals surface area contributed by atoms with Crippen molar-refractivity contribution >= 4 is 17.7 Å². The molecule has 2 rings (SSSR count). The van der Waals surface area contributed by atoms with Gasteiger partial charge in [0.15, 0.2) is 0 Å². The van der Waals surface area contributed by atoms with Crippen molar-refractivity contribution in [3.05, 3.63) is 17.5 Å². The Balaban J connectivity index is 1.72. The average Bonchev–Trinajstić information content (AvgIpc) is 3.04. The number of aryl methyl sites for hydroxylation is 1. The number of amides is 2. The number of rotatable bonds is 6. The molecule has 7 heteroatoms. The highest BCUT2D eigenvalue weighted by Crippen LogP contribution is 2.16. The maximum absolute atomic E-state index is 11.7. The third-order valence-corrected chi connectivity index (χ3v) is 3.55. The van der Waals surface area contributed by atoms with Crippen LogP contribution in [-0.4, -0.2) is 53.2 Å². The molecule has 1 aliphatic rings. The van der Waals surface area contributed by atoms with Gasteiger partial charge in [-0.25, -0.2) is 9.59 Å². The predicted octanol–water partition coefficient (Wildman–Crippen LogP) is 1.63. The van der Waals surface area contributed by atoms with Crippen LogP contribution in [0.3, 0.4) is 0 Å². The van der Waals surface area contributed by atoms with E-state index < -0.39 is 5.97 Å². The molecule has 0 aliphatic carbocycles. The lowest BCUT2D eigenvalue weighted by molar-refractivity contribution is 0.0692. The molecular formula is C14H22N4O3. The van der Waals surface area contributed by atoms with Crippen molar-refractivity contribution in [2.24, 2.45) is 0 Å². The molecule has 0 spiro atoms. The van der Waals surface area contributed by atoms with Crippen LogP contribution >= 0.6 is 0 Å². The molecule has 0 bridgehead atoms. The number of hydrogen-bond donors (Lipinski definition) is 4. The third-order valence-electron chi connectivity index (χ3n) is 3.55. The number of carboxylic acids is 1. The zero-order valence-electron chi connectivity index (χ0n) is 12.2. The van der Waals surface area contributed by atoms with Crippen molar-refractivity contribution in [3.63, 3.8) is 0 Å². The van der Waals surface area contributed by atoms with Gasteiger partial charge in [-0.1, -0.05) is 0 Å². The second-order valence-electron chi connectivity index (χ2n) is 5.33. The lowest BCUT2D eigenvalue weighted by Crippen LogP contribution is -2.32. The highest BCUT2D eigenvalue weighted by molar-refractivity contribution is 5.99. The molecule has 4 N–H and O–H groups in total. The van der Waals surface area contributed by atoms with Gasteiger partial charge in [0.1, 0.15) is 5.69 Å². The van der Waals surface area contributed by atoms with Gasteiger partial charge < -0.3 is 25.6 Å². The Morgan fingerprint density at radius 1 is 1.38 bits per heavy atom. The Bertz CT molecular complexity index is 506. The van der Waals surface area contributed by atoms with Crippen LogP contribution in [0.5, 0.6) is 0 Å². The first-order valence-corrected chi connectivity index (χ1v) is 7.26. The summed E-state index contributed by atoms with van der Waals surface area (Å²) in [7, 11) is 0. The molecule has 1 aromatic rings. The number of carbonyl (C=O) groups excluding carboxylic acids is 1. The summed E-state index contributed by atoms with van der Waals surface area (Å²) in [6, 6.07) is 1.23. The summed E-state index contributed by atoms with van der Waals surface area (Å²) in [4.78, 5) is 27.9. The predicted molar refractivity (Wildman–Crippen MR) is 79.8 cm³/mol.